The Bertz CT molecular complexity index is 473. The Hall–Kier alpha value is -1.26. The molecule has 1 heterocycles. The van der Waals surface area contributed by atoms with E-state index in [2.05, 4.69) is 10.6 Å². The van der Waals surface area contributed by atoms with Gasteiger partial charge in [-0.2, -0.15) is 0 Å². The van der Waals surface area contributed by atoms with Gasteiger partial charge in [0, 0.05) is 18.2 Å². The van der Waals surface area contributed by atoms with Gasteiger partial charge in [0.05, 0.1) is 11.6 Å². The molecular formula is C16H23ClN2O2. The first-order chi connectivity index (χ1) is 10.2. The SMILES string of the molecule is CCOc1ccc(NC(=O)CCC2CCCCN2)cc1Cl. The molecule has 1 aromatic carbocycles. The van der Waals surface area contributed by atoms with Crippen LogP contribution in [-0.4, -0.2) is 25.1 Å². The van der Waals surface area contributed by atoms with Crippen LogP contribution in [0.3, 0.4) is 0 Å². The number of ether oxygens (including phenoxy) is 1. The molecule has 0 aliphatic carbocycles. The summed E-state index contributed by atoms with van der Waals surface area (Å²) in [5.41, 5.74) is 0.713. The maximum absolute atomic E-state index is 12.0. The second kappa shape index (κ2) is 8.25. The van der Waals surface area contributed by atoms with E-state index in [0.29, 0.717) is 35.5 Å². The zero-order valence-corrected chi connectivity index (χ0v) is 13.2. The normalized spacial score (nSPS) is 18.3. The molecule has 0 spiro atoms. The number of nitrogens with one attached hydrogen (secondary N) is 2. The summed E-state index contributed by atoms with van der Waals surface area (Å²) in [7, 11) is 0. The summed E-state index contributed by atoms with van der Waals surface area (Å²) in [6, 6.07) is 5.80. The number of benzene rings is 1. The molecule has 0 bridgehead atoms. The standard InChI is InChI=1S/C16H23ClN2O2/c1-2-21-15-8-6-13(11-14(15)17)19-16(20)9-7-12-5-3-4-10-18-12/h6,8,11-12,18H,2-5,7,9-10H2,1H3,(H,19,20). The van der Waals surface area contributed by atoms with Crippen molar-refractivity contribution in [3.05, 3.63) is 23.2 Å². The van der Waals surface area contributed by atoms with Crippen molar-refractivity contribution in [3.63, 3.8) is 0 Å². The van der Waals surface area contributed by atoms with Gasteiger partial charge >= 0.3 is 0 Å². The molecule has 21 heavy (non-hydrogen) atoms. The van der Waals surface area contributed by atoms with Crippen LogP contribution in [-0.2, 0) is 4.79 Å². The second-order valence-electron chi connectivity index (χ2n) is 5.31. The van der Waals surface area contributed by atoms with Crippen LogP contribution in [0.2, 0.25) is 5.02 Å². The lowest BCUT2D eigenvalue weighted by Gasteiger charge is -2.23. The molecular weight excluding hydrogens is 288 g/mol. The monoisotopic (exact) mass is 310 g/mol. The van der Waals surface area contributed by atoms with Crippen LogP contribution in [0, 0.1) is 0 Å². The molecule has 1 amide bonds. The van der Waals surface area contributed by atoms with Gasteiger partial charge in [-0.05, 0) is 50.9 Å². The van der Waals surface area contributed by atoms with E-state index in [1.54, 1.807) is 12.1 Å². The number of carbonyl (C=O) groups excluding carboxylic acids is 1. The second-order valence-corrected chi connectivity index (χ2v) is 5.72. The maximum atomic E-state index is 12.0. The van der Waals surface area contributed by atoms with Crippen LogP contribution >= 0.6 is 11.6 Å². The number of anilines is 1. The molecule has 1 unspecified atom stereocenters. The molecule has 2 rings (SSSR count). The van der Waals surface area contributed by atoms with Crippen molar-refractivity contribution < 1.29 is 9.53 Å². The first kappa shape index (κ1) is 16.1. The van der Waals surface area contributed by atoms with Crippen molar-refractivity contribution in [1.82, 2.24) is 5.32 Å². The van der Waals surface area contributed by atoms with Crippen LogP contribution in [0.5, 0.6) is 5.75 Å². The van der Waals surface area contributed by atoms with Crippen LogP contribution in [0.4, 0.5) is 5.69 Å². The fourth-order valence-electron chi connectivity index (χ4n) is 2.55. The number of rotatable bonds is 6. The van der Waals surface area contributed by atoms with Crippen molar-refractivity contribution >= 4 is 23.2 Å². The molecule has 2 N–H and O–H groups in total. The van der Waals surface area contributed by atoms with Crippen LogP contribution in [0.25, 0.3) is 0 Å². The van der Waals surface area contributed by atoms with Crippen LogP contribution < -0.4 is 15.4 Å². The average molecular weight is 311 g/mol. The highest BCUT2D eigenvalue weighted by Crippen LogP contribution is 2.27. The van der Waals surface area contributed by atoms with Crippen molar-refractivity contribution in [2.24, 2.45) is 0 Å². The molecule has 1 saturated heterocycles. The Morgan fingerprint density at radius 3 is 3.00 bits per heavy atom. The quantitative estimate of drug-likeness (QED) is 0.844. The summed E-state index contributed by atoms with van der Waals surface area (Å²) in [6.07, 6.45) is 5.09. The van der Waals surface area contributed by atoms with Gasteiger partial charge in [0.2, 0.25) is 5.91 Å². The fourth-order valence-corrected chi connectivity index (χ4v) is 2.79. The molecule has 116 valence electrons. The largest absolute Gasteiger partial charge is 0.492 e. The number of piperidine rings is 1. The Kier molecular flexibility index (Phi) is 6.33. The van der Waals surface area contributed by atoms with Gasteiger partial charge in [-0.3, -0.25) is 4.79 Å². The van der Waals surface area contributed by atoms with Crippen LogP contribution in [0.1, 0.15) is 39.0 Å². The third-order valence-electron chi connectivity index (χ3n) is 3.65. The van der Waals surface area contributed by atoms with Gasteiger partial charge < -0.3 is 15.4 Å². The van der Waals surface area contributed by atoms with Gasteiger partial charge in [0.25, 0.3) is 0 Å². The Morgan fingerprint density at radius 2 is 2.33 bits per heavy atom. The summed E-state index contributed by atoms with van der Waals surface area (Å²) in [4.78, 5) is 12.0. The van der Waals surface area contributed by atoms with E-state index < -0.39 is 0 Å². The molecule has 1 fully saturated rings. The fraction of sp³-hybridized carbons (Fsp3) is 0.562. The Morgan fingerprint density at radius 1 is 1.48 bits per heavy atom. The number of hydrogen-bond donors (Lipinski definition) is 2. The molecule has 4 nitrogen and oxygen atoms in total. The van der Waals surface area contributed by atoms with Crippen molar-refractivity contribution in [2.75, 3.05) is 18.5 Å². The predicted molar refractivity (Wildman–Crippen MR) is 86.1 cm³/mol. The van der Waals surface area contributed by atoms with E-state index in [1.165, 1.54) is 19.3 Å². The van der Waals surface area contributed by atoms with Gasteiger partial charge in [0.1, 0.15) is 5.75 Å². The van der Waals surface area contributed by atoms with E-state index in [4.69, 9.17) is 16.3 Å². The lowest BCUT2D eigenvalue weighted by molar-refractivity contribution is -0.116. The molecule has 0 aromatic heterocycles. The topological polar surface area (TPSA) is 50.4 Å². The van der Waals surface area contributed by atoms with Crippen LogP contribution in [0.15, 0.2) is 18.2 Å². The molecule has 5 heteroatoms. The minimum atomic E-state index is 0.0302. The van der Waals surface area contributed by atoms with Gasteiger partial charge in [-0.1, -0.05) is 18.0 Å². The average Bonchev–Trinajstić information content (AvgIpc) is 2.49. The van der Waals surface area contributed by atoms with Crippen molar-refractivity contribution in [3.8, 4) is 5.75 Å². The Labute approximate surface area is 131 Å². The van der Waals surface area contributed by atoms with Crippen molar-refractivity contribution in [1.29, 1.82) is 0 Å². The minimum Gasteiger partial charge on any atom is -0.492 e. The van der Waals surface area contributed by atoms with E-state index >= 15 is 0 Å². The highest BCUT2D eigenvalue weighted by molar-refractivity contribution is 6.32. The number of hydrogen-bond acceptors (Lipinski definition) is 3. The number of amides is 1. The zero-order chi connectivity index (χ0) is 15.1. The molecule has 1 aliphatic rings. The molecule has 1 aromatic rings. The van der Waals surface area contributed by atoms with E-state index in [1.807, 2.05) is 13.0 Å². The number of carbonyl (C=O) groups is 1. The van der Waals surface area contributed by atoms with E-state index in [-0.39, 0.29) is 5.91 Å². The lowest BCUT2D eigenvalue weighted by atomic mass is 10.0. The first-order valence-corrected chi connectivity index (χ1v) is 8.02. The summed E-state index contributed by atoms with van der Waals surface area (Å²) in [6.45, 7) is 3.55. The highest BCUT2D eigenvalue weighted by Gasteiger charge is 2.14. The molecule has 1 aliphatic heterocycles. The smallest absolute Gasteiger partial charge is 0.224 e. The van der Waals surface area contributed by atoms with Gasteiger partial charge in [-0.15, -0.1) is 0 Å². The third kappa shape index (κ3) is 5.21. The highest BCUT2D eigenvalue weighted by atomic mass is 35.5. The van der Waals surface area contributed by atoms with Gasteiger partial charge in [0.15, 0.2) is 0 Å². The molecule has 0 radical (unpaired) electrons. The summed E-state index contributed by atoms with van der Waals surface area (Å²) in [5, 5.41) is 6.85. The maximum Gasteiger partial charge on any atom is 0.224 e. The van der Waals surface area contributed by atoms with Crippen molar-refractivity contribution in [2.45, 2.75) is 45.1 Å². The summed E-state index contributed by atoms with van der Waals surface area (Å²) in [5.74, 6) is 0.672. The number of halogens is 1. The molecule has 0 saturated carbocycles. The van der Waals surface area contributed by atoms with E-state index in [9.17, 15) is 4.79 Å². The molecule has 1 atom stereocenters. The third-order valence-corrected chi connectivity index (χ3v) is 3.94. The van der Waals surface area contributed by atoms with E-state index in [0.717, 1.165) is 13.0 Å². The first-order valence-electron chi connectivity index (χ1n) is 7.64. The summed E-state index contributed by atoms with van der Waals surface area (Å²) >= 11 is 6.10. The minimum absolute atomic E-state index is 0.0302. The Balaban J connectivity index is 1.80. The van der Waals surface area contributed by atoms with Gasteiger partial charge in [-0.25, -0.2) is 0 Å². The lowest BCUT2D eigenvalue weighted by Crippen LogP contribution is -2.34. The zero-order valence-electron chi connectivity index (χ0n) is 12.5. The predicted octanol–water partition coefficient (Wildman–Crippen LogP) is 3.60. The summed E-state index contributed by atoms with van der Waals surface area (Å²) < 4.78 is 5.37.